The van der Waals surface area contributed by atoms with Crippen molar-refractivity contribution in [2.45, 2.75) is 6.04 Å². The Balaban J connectivity index is 1.97. The lowest BCUT2D eigenvalue weighted by Crippen LogP contribution is -2.30. The van der Waals surface area contributed by atoms with E-state index < -0.39 is 22.7 Å². The molecular weight excluding hydrogens is 386 g/mol. The monoisotopic (exact) mass is 401 g/mol. The Morgan fingerprint density at radius 3 is 2.40 bits per heavy atom. The van der Waals surface area contributed by atoms with E-state index in [0.717, 1.165) is 4.90 Å². The van der Waals surface area contributed by atoms with E-state index in [-0.39, 0.29) is 22.8 Å². The maximum absolute atomic E-state index is 12.9. The number of ketones is 1. The van der Waals surface area contributed by atoms with Crippen molar-refractivity contribution in [3.63, 3.8) is 0 Å². The van der Waals surface area contributed by atoms with E-state index in [1.807, 2.05) is 0 Å². The minimum absolute atomic E-state index is 0.155. The molecule has 1 aliphatic heterocycles. The zero-order valence-corrected chi connectivity index (χ0v) is 15.5. The van der Waals surface area contributed by atoms with Gasteiger partial charge in [-0.25, -0.2) is 4.98 Å². The summed E-state index contributed by atoms with van der Waals surface area (Å²) >= 11 is 0. The van der Waals surface area contributed by atoms with E-state index in [9.17, 15) is 24.8 Å². The molecule has 8 heteroatoms. The minimum Gasteiger partial charge on any atom is -0.507 e. The Morgan fingerprint density at radius 2 is 1.73 bits per heavy atom. The highest BCUT2D eigenvalue weighted by molar-refractivity contribution is 6.51. The first-order chi connectivity index (χ1) is 14.5. The van der Waals surface area contributed by atoms with Gasteiger partial charge in [0.1, 0.15) is 11.6 Å². The standard InChI is InChI=1S/C22H15N3O5/c26-20(14-7-2-1-3-8-14)18-19(15-9-6-10-16(13-15)25(29)30)24(22(28)21(18)27)17-11-4-5-12-23-17/h1-13,19,26H/t19-/m1/s1. The van der Waals surface area contributed by atoms with Crippen molar-refractivity contribution in [2.24, 2.45) is 0 Å². The van der Waals surface area contributed by atoms with E-state index in [1.54, 1.807) is 54.6 Å². The van der Waals surface area contributed by atoms with Gasteiger partial charge in [-0.05, 0) is 17.7 Å². The third kappa shape index (κ3) is 3.20. The number of aromatic nitrogens is 1. The van der Waals surface area contributed by atoms with Crippen LogP contribution in [0.1, 0.15) is 17.2 Å². The number of amides is 1. The summed E-state index contributed by atoms with van der Waals surface area (Å²) in [5.41, 5.74) is 0.314. The molecule has 8 nitrogen and oxygen atoms in total. The summed E-state index contributed by atoms with van der Waals surface area (Å²) in [6.45, 7) is 0. The molecule has 4 rings (SSSR count). The Morgan fingerprint density at radius 1 is 1.00 bits per heavy atom. The van der Waals surface area contributed by atoms with Gasteiger partial charge in [0.2, 0.25) is 0 Å². The van der Waals surface area contributed by atoms with Gasteiger partial charge in [0.25, 0.3) is 11.5 Å². The molecule has 0 radical (unpaired) electrons. The van der Waals surface area contributed by atoms with Crippen LogP contribution in [0.3, 0.4) is 0 Å². The molecule has 0 aliphatic carbocycles. The molecule has 3 aromatic rings. The molecular formula is C22H15N3O5. The molecule has 148 valence electrons. The molecule has 1 atom stereocenters. The van der Waals surface area contributed by atoms with Crippen LogP contribution in [0, 0.1) is 10.1 Å². The van der Waals surface area contributed by atoms with Crippen molar-refractivity contribution in [2.75, 3.05) is 4.90 Å². The first-order valence-electron chi connectivity index (χ1n) is 9.01. The predicted octanol–water partition coefficient (Wildman–Crippen LogP) is 3.62. The van der Waals surface area contributed by atoms with Gasteiger partial charge in [0.15, 0.2) is 0 Å². The summed E-state index contributed by atoms with van der Waals surface area (Å²) in [5.74, 6) is -1.92. The number of Topliss-reactive ketones (excluding diaryl/α,β-unsaturated/α-hetero) is 1. The first-order valence-corrected chi connectivity index (χ1v) is 9.01. The van der Waals surface area contributed by atoms with Crippen molar-refractivity contribution in [1.29, 1.82) is 0 Å². The molecule has 2 aromatic carbocycles. The van der Waals surface area contributed by atoms with Crippen molar-refractivity contribution in [1.82, 2.24) is 4.98 Å². The van der Waals surface area contributed by atoms with E-state index in [2.05, 4.69) is 4.98 Å². The fourth-order valence-corrected chi connectivity index (χ4v) is 3.44. The third-order valence-corrected chi connectivity index (χ3v) is 4.78. The van der Waals surface area contributed by atoms with Crippen LogP contribution in [0.15, 0.2) is 84.6 Å². The normalized spacial score (nSPS) is 17.9. The quantitative estimate of drug-likeness (QED) is 0.235. The molecule has 0 saturated carbocycles. The van der Waals surface area contributed by atoms with Crippen molar-refractivity contribution >= 4 is 29.0 Å². The Hall–Kier alpha value is -4.33. The molecule has 0 spiro atoms. The SMILES string of the molecule is O=C1C(=O)N(c2ccccn2)[C@H](c2cccc([N+](=O)[O-])c2)C1=C(O)c1ccccc1. The predicted molar refractivity (Wildman–Crippen MR) is 109 cm³/mol. The van der Waals surface area contributed by atoms with Gasteiger partial charge < -0.3 is 5.11 Å². The van der Waals surface area contributed by atoms with Crippen LogP contribution < -0.4 is 4.90 Å². The number of aliphatic hydroxyl groups excluding tert-OH is 1. The van der Waals surface area contributed by atoms with Crippen LogP contribution in [-0.2, 0) is 9.59 Å². The number of nitrogens with zero attached hydrogens (tertiary/aromatic N) is 3. The lowest BCUT2D eigenvalue weighted by molar-refractivity contribution is -0.384. The second-order valence-electron chi connectivity index (χ2n) is 6.58. The van der Waals surface area contributed by atoms with Crippen molar-refractivity contribution in [3.8, 4) is 0 Å². The fraction of sp³-hybridized carbons (Fsp3) is 0.0455. The summed E-state index contributed by atoms with van der Waals surface area (Å²) in [6.07, 6.45) is 1.47. The number of anilines is 1. The minimum atomic E-state index is -1.07. The van der Waals surface area contributed by atoms with E-state index in [4.69, 9.17) is 0 Å². The van der Waals surface area contributed by atoms with Gasteiger partial charge in [0, 0.05) is 23.9 Å². The summed E-state index contributed by atoms with van der Waals surface area (Å²) in [6, 6.07) is 17.8. The van der Waals surface area contributed by atoms with Crippen LogP contribution in [0.5, 0.6) is 0 Å². The fourth-order valence-electron chi connectivity index (χ4n) is 3.44. The van der Waals surface area contributed by atoms with Gasteiger partial charge >= 0.3 is 5.91 Å². The Kier molecular flexibility index (Phi) is 4.81. The molecule has 0 unspecified atom stereocenters. The molecule has 1 N–H and O–H groups in total. The maximum atomic E-state index is 12.9. The van der Waals surface area contributed by atoms with Crippen LogP contribution in [-0.4, -0.2) is 26.7 Å². The van der Waals surface area contributed by atoms with Crippen LogP contribution in [0.2, 0.25) is 0 Å². The summed E-state index contributed by atoms with van der Waals surface area (Å²) in [4.78, 5) is 41.9. The number of pyridine rings is 1. The third-order valence-electron chi connectivity index (χ3n) is 4.78. The van der Waals surface area contributed by atoms with Crippen LogP contribution in [0.4, 0.5) is 11.5 Å². The molecule has 1 aliphatic rings. The summed E-state index contributed by atoms with van der Waals surface area (Å²) in [5, 5.41) is 22.2. The van der Waals surface area contributed by atoms with Gasteiger partial charge in [0.05, 0.1) is 16.5 Å². The topological polar surface area (TPSA) is 114 Å². The maximum Gasteiger partial charge on any atom is 0.301 e. The average Bonchev–Trinajstić information content (AvgIpc) is 3.05. The molecule has 30 heavy (non-hydrogen) atoms. The molecule has 1 aromatic heterocycles. The van der Waals surface area contributed by atoms with E-state index >= 15 is 0 Å². The number of hydrogen-bond donors (Lipinski definition) is 1. The highest BCUT2D eigenvalue weighted by Gasteiger charge is 2.47. The number of nitro groups is 1. The second-order valence-corrected chi connectivity index (χ2v) is 6.58. The largest absolute Gasteiger partial charge is 0.507 e. The second kappa shape index (κ2) is 7.59. The number of aliphatic hydroxyl groups is 1. The zero-order valence-electron chi connectivity index (χ0n) is 15.5. The molecule has 0 bridgehead atoms. The number of carbonyl (C=O) groups excluding carboxylic acids is 2. The van der Waals surface area contributed by atoms with Crippen molar-refractivity contribution < 1.29 is 19.6 Å². The molecule has 2 heterocycles. The number of hydrogen-bond acceptors (Lipinski definition) is 6. The Labute approximate surface area is 170 Å². The van der Waals surface area contributed by atoms with E-state index in [0.29, 0.717) is 11.1 Å². The lowest BCUT2D eigenvalue weighted by atomic mass is 9.95. The van der Waals surface area contributed by atoms with Gasteiger partial charge in [-0.3, -0.25) is 24.6 Å². The molecule has 1 amide bonds. The highest BCUT2D eigenvalue weighted by atomic mass is 16.6. The number of non-ortho nitro benzene ring substituents is 1. The smallest absolute Gasteiger partial charge is 0.301 e. The van der Waals surface area contributed by atoms with Gasteiger partial charge in [-0.2, -0.15) is 0 Å². The van der Waals surface area contributed by atoms with Crippen LogP contribution >= 0.6 is 0 Å². The Bertz CT molecular complexity index is 1180. The number of rotatable bonds is 4. The molecule has 1 fully saturated rings. The number of benzene rings is 2. The highest BCUT2D eigenvalue weighted by Crippen LogP contribution is 2.42. The van der Waals surface area contributed by atoms with Crippen molar-refractivity contribution in [3.05, 3.63) is 106 Å². The first kappa shape index (κ1) is 19.0. The van der Waals surface area contributed by atoms with Gasteiger partial charge in [-0.1, -0.05) is 48.5 Å². The molecule has 1 saturated heterocycles. The van der Waals surface area contributed by atoms with Crippen LogP contribution in [0.25, 0.3) is 5.76 Å². The zero-order chi connectivity index (χ0) is 21.3. The average molecular weight is 401 g/mol. The number of nitro benzene ring substituents is 1. The number of carbonyl (C=O) groups is 2. The lowest BCUT2D eigenvalue weighted by Gasteiger charge is -2.24. The summed E-state index contributed by atoms with van der Waals surface area (Å²) in [7, 11) is 0. The van der Waals surface area contributed by atoms with E-state index in [1.165, 1.54) is 24.4 Å². The van der Waals surface area contributed by atoms with Gasteiger partial charge in [-0.15, -0.1) is 0 Å². The summed E-state index contributed by atoms with van der Waals surface area (Å²) < 4.78 is 0.